The molecule has 27 heavy (non-hydrogen) atoms. The van der Waals surface area contributed by atoms with Crippen LogP contribution in [0.15, 0.2) is 30.5 Å². The fourth-order valence-electron chi connectivity index (χ4n) is 2.70. The number of anilines is 1. The lowest BCUT2D eigenvalue weighted by atomic mass is 9.92. The maximum absolute atomic E-state index is 13.6. The van der Waals surface area contributed by atoms with Gasteiger partial charge in [0.15, 0.2) is 0 Å². The van der Waals surface area contributed by atoms with E-state index in [9.17, 15) is 9.18 Å². The molecule has 8 heteroatoms. The number of rotatable bonds is 4. The fraction of sp³-hybridized carbons (Fsp3) is 0.421. The average molecular weight is 373 g/mol. The van der Waals surface area contributed by atoms with Gasteiger partial charge in [0.2, 0.25) is 6.36 Å². The number of nitrogens with two attached hydrogens (primary N) is 1. The SMILES string of the molecule is CCCC(F)OC(=O)n1ncc2ccc(-n3nc(C(C)(C)C)cc3N)cc21. The topological polar surface area (TPSA) is 88.0 Å². The highest BCUT2D eigenvalue weighted by molar-refractivity contribution is 5.89. The second kappa shape index (κ2) is 7.02. The standard InChI is InChI=1S/C19H24FN5O2/c1-5-6-16(20)27-18(26)25-14-9-13(8-7-12(14)11-22-25)24-17(21)10-15(23-24)19(2,3)4/h7-11,16H,5-6,21H2,1-4H3. The van der Waals surface area contributed by atoms with Crippen molar-refractivity contribution in [1.29, 1.82) is 0 Å². The van der Waals surface area contributed by atoms with Gasteiger partial charge in [-0.25, -0.2) is 13.9 Å². The van der Waals surface area contributed by atoms with E-state index in [4.69, 9.17) is 10.5 Å². The number of hydrogen-bond acceptors (Lipinski definition) is 5. The van der Waals surface area contributed by atoms with Gasteiger partial charge in [0.05, 0.1) is 23.1 Å². The Morgan fingerprint density at radius 3 is 2.70 bits per heavy atom. The van der Waals surface area contributed by atoms with Crippen molar-refractivity contribution in [3.8, 4) is 5.69 Å². The van der Waals surface area contributed by atoms with Crippen LogP contribution in [0.5, 0.6) is 0 Å². The summed E-state index contributed by atoms with van der Waals surface area (Å²) in [6.45, 7) is 7.97. The van der Waals surface area contributed by atoms with E-state index in [0.717, 1.165) is 15.8 Å². The smallest absolute Gasteiger partial charge is 0.413 e. The molecule has 0 bridgehead atoms. The first kappa shape index (κ1) is 18.9. The first-order valence-corrected chi connectivity index (χ1v) is 8.90. The largest absolute Gasteiger partial charge is 0.437 e. The molecule has 1 atom stereocenters. The zero-order valence-corrected chi connectivity index (χ0v) is 15.9. The van der Waals surface area contributed by atoms with Crippen LogP contribution in [-0.2, 0) is 10.2 Å². The predicted octanol–water partition coefficient (Wildman–Crippen LogP) is 4.18. The van der Waals surface area contributed by atoms with Crippen LogP contribution < -0.4 is 5.73 Å². The van der Waals surface area contributed by atoms with Gasteiger partial charge in [-0.15, -0.1) is 0 Å². The van der Waals surface area contributed by atoms with Gasteiger partial charge in [-0.3, -0.25) is 0 Å². The summed E-state index contributed by atoms with van der Waals surface area (Å²) in [4.78, 5) is 12.2. The first-order chi connectivity index (χ1) is 12.7. The van der Waals surface area contributed by atoms with E-state index in [2.05, 4.69) is 31.0 Å². The highest BCUT2D eigenvalue weighted by Gasteiger charge is 2.21. The minimum atomic E-state index is -1.65. The summed E-state index contributed by atoms with van der Waals surface area (Å²) in [6, 6.07) is 7.20. The fourth-order valence-corrected chi connectivity index (χ4v) is 2.70. The lowest BCUT2D eigenvalue weighted by Gasteiger charge is -2.14. The molecule has 0 aliphatic carbocycles. The van der Waals surface area contributed by atoms with Gasteiger partial charge in [-0.2, -0.15) is 14.9 Å². The lowest BCUT2D eigenvalue weighted by molar-refractivity contribution is 0.00792. The number of carbonyl (C=O) groups is 1. The van der Waals surface area contributed by atoms with Gasteiger partial charge in [-0.1, -0.05) is 27.7 Å². The molecule has 1 aromatic carbocycles. The van der Waals surface area contributed by atoms with Crippen molar-refractivity contribution in [2.75, 3.05) is 5.73 Å². The predicted molar refractivity (Wildman–Crippen MR) is 102 cm³/mol. The molecule has 0 saturated carbocycles. The van der Waals surface area contributed by atoms with Crippen LogP contribution in [0.3, 0.4) is 0 Å². The van der Waals surface area contributed by atoms with E-state index >= 15 is 0 Å². The summed E-state index contributed by atoms with van der Waals surface area (Å²) in [5, 5.41) is 9.33. The zero-order valence-electron chi connectivity index (χ0n) is 15.9. The molecule has 0 saturated heterocycles. The second-order valence-corrected chi connectivity index (χ2v) is 7.50. The number of alkyl halides is 1. The Kier molecular flexibility index (Phi) is 4.91. The van der Waals surface area contributed by atoms with Gasteiger partial charge in [-0.05, 0) is 24.6 Å². The van der Waals surface area contributed by atoms with E-state index in [0.29, 0.717) is 23.4 Å². The maximum Gasteiger partial charge on any atom is 0.437 e. The summed E-state index contributed by atoms with van der Waals surface area (Å²) in [5.41, 5.74) is 8.00. The normalized spacial score (nSPS) is 13.1. The molecule has 0 aliphatic rings. The van der Waals surface area contributed by atoms with Crippen LogP contribution in [0.1, 0.15) is 46.2 Å². The molecule has 144 valence electrons. The third-order valence-corrected chi connectivity index (χ3v) is 4.22. The third kappa shape index (κ3) is 3.79. The number of hydrogen-bond donors (Lipinski definition) is 1. The molecule has 0 amide bonds. The Labute approximate surface area is 156 Å². The minimum Gasteiger partial charge on any atom is -0.413 e. The summed E-state index contributed by atoms with van der Waals surface area (Å²) < 4.78 is 21.1. The molecule has 2 heterocycles. The Bertz CT molecular complexity index is 970. The van der Waals surface area contributed by atoms with Crippen LogP contribution in [0, 0.1) is 0 Å². The average Bonchev–Trinajstić information content (AvgIpc) is 3.17. The van der Waals surface area contributed by atoms with Crippen molar-refractivity contribution in [2.45, 2.75) is 52.3 Å². The number of aromatic nitrogens is 4. The van der Waals surface area contributed by atoms with Crippen LogP contribution in [0.4, 0.5) is 15.0 Å². The number of carbonyl (C=O) groups excluding carboxylic acids is 1. The van der Waals surface area contributed by atoms with E-state index in [1.165, 1.54) is 6.20 Å². The highest BCUT2D eigenvalue weighted by Crippen LogP contribution is 2.26. The van der Waals surface area contributed by atoms with Crippen LogP contribution in [-0.4, -0.2) is 32.0 Å². The van der Waals surface area contributed by atoms with Gasteiger partial charge < -0.3 is 10.5 Å². The van der Waals surface area contributed by atoms with E-state index < -0.39 is 12.5 Å². The molecule has 0 spiro atoms. The zero-order chi connectivity index (χ0) is 19.8. The van der Waals surface area contributed by atoms with Gasteiger partial charge in [0.25, 0.3) is 0 Å². The number of halogens is 1. The van der Waals surface area contributed by atoms with Crippen LogP contribution in [0.25, 0.3) is 16.6 Å². The third-order valence-electron chi connectivity index (χ3n) is 4.22. The Hall–Kier alpha value is -2.90. The van der Waals surface area contributed by atoms with E-state index in [-0.39, 0.29) is 11.8 Å². The van der Waals surface area contributed by atoms with Crippen molar-refractivity contribution >= 4 is 22.8 Å². The minimum absolute atomic E-state index is 0.148. The maximum atomic E-state index is 13.6. The van der Waals surface area contributed by atoms with Gasteiger partial charge in [0.1, 0.15) is 5.82 Å². The Morgan fingerprint density at radius 1 is 1.33 bits per heavy atom. The Balaban J connectivity index is 1.98. The molecule has 0 radical (unpaired) electrons. The molecular weight excluding hydrogens is 349 g/mol. The lowest BCUT2D eigenvalue weighted by Crippen LogP contribution is -2.20. The molecule has 1 unspecified atom stereocenters. The number of nitrogen functional groups attached to an aromatic ring is 1. The molecule has 3 rings (SSSR count). The van der Waals surface area contributed by atoms with Gasteiger partial charge in [0, 0.05) is 23.3 Å². The number of ether oxygens (including phenoxy) is 1. The van der Waals surface area contributed by atoms with E-state index in [1.807, 2.05) is 19.1 Å². The molecule has 0 fully saturated rings. The molecule has 7 nitrogen and oxygen atoms in total. The summed E-state index contributed by atoms with van der Waals surface area (Å²) in [6.07, 6.45) is -0.253. The molecule has 0 aliphatic heterocycles. The Morgan fingerprint density at radius 2 is 2.07 bits per heavy atom. The molecular formula is C19H24FN5O2. The summed E-state index contributed by atoms with van der Waals surface area (Å²) in [7, 11) is 0. The van der Waals surface area contributed by atoms with Crippen molar-refractivity contribution < 1.29 is 13.9 Å². The molecule has 2 N–H and O–H groups in total. The second-order valence-electron chi connectivity index (χ2n) is 7.50. The van der Waals surface area contributed by atoms with Crippen molar-refractivity contribution in [2.24, 2.45) is 0 Å². The van der Waals surface area contributed by atoms with Crippen molar-refractivity contribution in [3.63, 3.8) is 0 Å². The quantitative estimate of drug-likeness (QED) is 0.741. The van der Waals surface area contributed by atoms with Crippen LogP contribution >= 0.6 is 0 Å². The number of nitrogens with zero attached hydrogens (tertiary/aromatic N) is 4. The first-order valence-electron chi connectivity index (χ1n) is 8.90. The monoisotopic (exact) mass is 373 g/mol. The molecule has 3 aromatic rings. The van der Waals surface area contributed by atoms with Crippen molar-refractivity contribution in [1.82, 2.24) is 19.6 Å². The van der Waals surface area contributed by atoms with Crippen molar-refractivity contribution in [3.05, 3.63) is 36.2 Å². The summed E-state index contributed by atoms with van der Waals surface area (Å²) in [5.74, 6) is 0.486. The summed E-state index contributed by atoms with van der Waals surface area (Å²) >= 11 is 0. The number of benzene rings is 1. The molecule has 2 aromatic heterocycles. The van der Waals surface area contributed by atoms with Crippen LogP contribution in [0.2, 0.25) is 0 Å². The van der Waals surface area contributed by atoms with Gasteiger partial charge >= 0.3 is 6.09 Å². The number of fused-ring (bicyclic) bond motifs is 1. The highest BCUT2D eigenvalue weighted by atomic mass is 19.1. The van der Waals surface area contributed by atoms with E-state index in [1.54, 1.807) is 16.8 Å².